The molecule has 0 saturated heterocycles. The molecule has 0 aliphatic carbocycles. The van der Waals surface area contributed by atoms with Crippen LogP contribution in [-0.2, 0) is 20.4 Å². The molecule has 0 aliphatic rings. The van der Waals surface area contributed by atoms with Crippen molar-refractivity contribution >= 4 is 24.6 Å². The van der Waals surface area contributed by atoms with Gasteiger partial charge in [0, 0.05) is 7.11 Å². The number of aromatic nitrogens is 4. The number of hydrogen-bond donors (Lipinski definition) is 1. The lowest BCUT2D eigenvalue weighted by molar-refractivity contribution is 0.0752. The fourth-order valence-electron chi connectivity index (χ4n) is 2.34. The molecular formula is C16H20N5O4P. The number of imidazole rings is 1. The number of benzene rings is 1. The molecule has 0 saturated carbocycles. The summed E-state index contributed by atoms with van der Waals surface area (Å²) in [5, 5.41) is 0. The van der Waals surface area contributed by atoms with Gasteiger partial charge >= 0.3 is 7.60 Å². The Hall–Kier alpha value is -2.48. The normalized spacial score (nSPS) is 14.8. The summed E-state index contributed by atoms with van der Waals surface area (Å²) < 4.78 is 30.7. The first-order valence-corrected chi connectivity index (χ1v) is 9.66. The number of para-hydroxylation sites is 1. The second-order valence-corrected chi connectivity index (χ2v) is 7.66. The quantitative estimate of drug-likeness (QED) is 0.596. The highest BCUT2D eigenvalue weighted by molar-refractivity contribution is 7.54. The van der Waals surface area contributed by atoms with E-state index in [1.165, 1.54) is 13.4 Å². The Bertz CT molecular complexity index is 917. The number of hydrogen-bond acceptors (Lipinski definition) is 8. The highest BCUT2D eigenvalue weighted by atomic mass is 31.2. The standard InChI is InChI=1S/C16H20N5O4P/c1-12(8-21-10-20-14-15(17)18-9-19-16(14)21)24-11-26(22,23-2)25-13-6-4-3-5-7-13/h3-7,9-10,12H,8,11H2,1-2H3,(H2,17,18,19)/t12-,26?/m1/s1. The van der Waals surface area contributed by atoms with E-state index in [0.29, 0.717) is 29.3 Å². The Morgan fingerprint density at radius 3 is 2.73 bits per heavy atom. The number of rotatable bonds is 8. The molecule has 1 unspecified atom stereocenters. The number of fused-ring (bicyclic) bond motifs is 1. The molecule has 3 rings (SSSR count). The molecular weight excluding hydrogens is 357 g/mol. The van der Waals surface area contributed by atoms with Crippen LogP contribution in [0, 0.1) is 0 Å². The van der Waals surface area contributed by atoms with Crippen molar-refractivity contribution in [2.45, 2.75) is 19.6 Å². The first kappa shape index (κ1) is 18.3. The minimum absolute atomic E-state index is 0.177. The van der Waals surface area contributed by atoms with Gasteiger partial charge in [0.05, 0.1) is 19.0 Å². The van der Waals surface area contributed by atoms with E-state index in [1.54, 1.807) is 35.2 Å². The van der Waals surface area contributed by atoms with Crippen molar-refractivity contribution in [2.75, 3.05) is 19.2 Å². The van der Waals surface area contributed by atoms with Gasteiger partial charge in [-0.05, 0) is 19.1 Å². The summed E-state index contributed by atoms with van der Waals surface area (Å²) in [6, 6.07) is 8.83. The second-order valence-electron chi connectivity index (χ2n) is 5.63. The summed E-state index contributed by atoms with van der Waals surface area (Å²) in [5.41, 5.74) is 6.93. The topological polar surface area (TPSA) is 114 Å². The van der Waals surface area contributed by atoms with Gasteiger partial charge in [0.1, 0.15) is 17.6 Å². The molecule has 9 nitrogen and oxygen atoms in total. The molecule has 1 aromatic carbocycles. The first-order valence-electron chi connectivity index (χ1n) is 7.93. The number of nitrogen functional groups attached to an aromatic ring is 1. The summed E-state index contributed by atoms with van der Waals surface area (Å²) >= 11 is 0. The fourth-order valence-corrected chi connectivity index (χ4v) is 3.45. The zero-order chi connectivity index (χ0) is 18.6. The van der Waals surface area contributed by atoms with Crippen molar-refractivity contribution in [2.24, 2.45) is 0 Å². The van der Waals surface area contributed by atoms with E-state index in [1.807, 2.05) is 13.0 Å². The van der Waals surface area contributed by atoms with E-state index in [-0.39, 0.29) is 12.5 Å². The monoisotopic (exact) mass is 377 g/mol. The van der Waals surface area contributed by atoms with E-state index >= 15 is 0 Å². The zero-order valence-electron chi connectivity index (χ0n) is 14.5. The largest absolute Gasteiger partial charge is 0.423 e. The molecule has 0 radical (unpaired) electrons. The molecule has 2 aromatic heterocycles. The van der Waals surface area contributed by atoms with E-state index in [9.17, 15) is 4.57 Å². The summed E-state index contributed by atoms with van der Waals surface area (Å²) in [7, 11) is -2.08. The van der Waals surface area contributed by atoms with Gasteiger partial charge in [-0.1, -0.05) is 18.2 Å². The van der Waals surface area contributed by atoms with Crippen LogP contribution in [0.3, 0.4) is 0 Å². The van der Waals surface area contributed by atoms with Crippen molar-refractivity contribution in [1.29, 1.82) is 0 Å². The number of ether oxygens (including phenoxy) is 1. The van der Waals surface area contributed by atoms with Crippen LogP contribution in [0.4, 0.5) is 5.82 Å². The third kappa shape index (κ3) is 4.19. The smallest absolute Gasteiger partial charge is 0.404 e. The Morgan fingerprint density at radius 2 is 2.00 bits per heavy atom. The minimum Gasteiger partial charge on any atom is -0.423 e. The lowest BCUT2D eigenvalue weighted by Gasteiger charge is -2.20. The molecule has 2 heterocycles. The Labute approximate surface area is 150 Å². The van der Waals surface area contributed by atoms with Crippen LogP contribution in [0.5, 0.6) is 5.75 Å². The molecule has 2 N–H and O–H groups in total. The van der Waals surface area contributed by atoms with Crippen LogP contribution in [0.1, 0.15) is 6.92 Å². The van der Waals surface area contributed by atoms with E-state index in [2.05, 4.69) is 15.0 Å². The van der Waals surface area contributed by atoms with Crippen LogP contribution in [0.15, 0.2) is 43.0 Å². The van der Waals surface area contributed by atoms with Gasteiger partial charge in [-0.25, -0.2) is 19.5 Å². The van der Waals surface area contributed by atoms with Gasteiger partial charge in [-0.3, -0.25) is 0 Å². The van der Waals surface area contributed by atoms with Gasteiger partial charge in [0.15, 0.2) is 17.8 Å². The lowest BCUT2D eigenvalue weighted by Crippen LogP contribution is -2.18. The van der Waals surface area contributed by atoms with Crippen LogP contribution in [0.2, 0.25) is 0 Å². The maximum atomic E-state index is 12.7. The van der Waals surface area contributed by atoms with Crippen molar-refractivity contribution in [3.63, 3.8) is 0 Å². The number of anilines is 1. The van der Waals surface area contributed by atoms with Crippen molar-refractivity contribution in [3.8, 4) is 5.75 Å². The van der Waals surface area contributed by atoms with Crippen LogP contribution in [-0.4, -0.2) is 39.1 Å². The van der Waals surface area contributed by atoms with Gasteiger partial charge in [0.2, 0.25) is 0 Å². The van der Waals surface area contributed by atoms with Gasteiger partial charge in [-0.15, -0.1) is 0 Å². The van der Waals surface area contributed by atoms with Crippen LogP contribution in [0.25, 0.3) is 11.2 Å². The second kappa shape index (κ2) is 7.82. The van der Waals surface area contributed by atoms with Crippen molar-refractivity contribution < 1.29 is 18.3 Å². The van der Waals surface area contributed by atoms with E-state index < -0.39 is 7.60 Å². The lowest BCUT2D eigenvalue weighted by atomic mass is 10.3. The third-order valence-electron chi connectivity index (χ3n) is 3.67. The van der Waals surface area contributed by atoms with Crippen LogP contribution >= 0.6 is 7.60 Å². The van der Waals surface area contributed by atoms with Gasteiger partial charge in [0.25, 0.3) is 0 Å². The molecule has 0 aliphatic heterocycles. The summed E-state index contributed by atoms with van der Waals surface area (Å²) in [5.74, 6) is 0.782. The van der Waals surface area contributed by atoms with Crippen molar-refractivity contribution in [1.82, 2.24) is 19.5 Å². The maximum absolute atomic E-state index is 12.7. The summed E-state index contributed by atoms with van der Waals surface area (Å²) in [6.45, 7) is 2.29. The van der Waals surface area contributed by atoms with E-state index in [4.69, 9.17) is 19.5 Å². The molecule has 0 fully saturated rings. The molecule has 2 atom stereocenters. The molecule has 3 aromatic rings. The molecule has 0 amide bonds. The molecule has 0 bridgehead atoms. The minimum atomic E-state index is -3.41. The number of nitrogens with two attached hydrogens (primary N) is 1. The highest BCUT2D eigenvalue weighted by Crippen LogP contribution is 2.47. The molecule has 26 heavy (non-hydrogen) atoms. The van der Waals surface area contributed by atoms with E-state index in [0.717, 1.165) is 0 Å². The molecule has 10 heteroatoms. The summed E-state index contributed by atoms with van der Waals surface area (Å²) in [6.07, 6.45) is 2.54. The van der Waals surface area contributed by atoms with Gasteiger partial charge < -0.3 is 24.1 Å². The fraction of sp³-hybridized carbons (Fsp3) is 0.312. The molecule has 0 spiro atoms. The maximum Gasteiger partial charge on any atom is 0.404 e. The third-order valence-corrected chi connectivity index (χ3v) is 5.18. The average molecular weight is 377 g/mol. The SMILES string of the molecule is COP(=O)(CO[C@H](C)Cn1cnc2c(N)ncnc21)Oc1ccccc1. The van der Waals surface area contributed by atoms with Crippen LogP contribution < -0.4 is 10.3 Å². The zero-order valence-corrected chi connectivity index (χ0v) is 15.4. The predicted octanol–water partition coefficient (Wildman–Crippen LogP) is 2.69. The van der Waals surface area contributed by atoms with Gasteiger partial charge in [-0.2, -0.15) is 0 Å². The summed E-state index contributed by atoms with van der Waals surface area (Å²) in [4.78, 5) is 12.3. The van der Waals surface area contributed by atoms with Crippen molar-refractivity contribution in [3.05, 3.63) is 43.0 Å². The Morgan fingerprint density at radius 1 is 1.23 bits per heavy atom. The number of nitrogens with zero attached hydrogens (tertiary/aromatic N) is 4. The highest BCUT2D eigenvalue weighted by Gasteiger charge is 2.26. The predicted molar refractivity (Wildman–Crippen MR) is 96.8 cm³/mol. The molecule has 138 valence electrons. The Balaban J connectivity index is 1.62. The Kier molecular flexibility index (Phi) is 5.51. The average Bonchev–Trinajstić information content (AvgIpc) is 3.05. The first-order chi connectivity index (χ1) is 12.5.